The van der Waals surface area contributed by atoms with Crippen LogP contribution in [-0.4, -0.2) is 35.9 Å². The molecule has 0 radical (unpaired) electrons. The number of benzene rings is 1. The molecule has 2 amide bonds. The van der Waals surface area contributed by atoms with Crippen LogP contribution < -0.4 is 10.1 Å². The summed E-state index contributed by atoms with van der Waals surface area (Å²) in [6, 6.07) is 7.44. The van der Waals surface area contributed by atoms with Gasteiger partial charge in [0.2, 0.25) is 11.8 Å². The highest BCUT2D eigenvalue weighted by Gasteiger charge is 2.26. The lowest BCUT2D eigenvalue weighted by Gasteiger charge is -2.31. The molecule has 1 aromatic rings. The number of nitrogens with zero attached hydrogens (tertiary/aromatic N) is 1. The summed E-state index contributed by atoms with van der Waals surface area (Å²) in [5, 5.41) is 2.96. The lowest BCUT2D eigenvalue weighted by molar-refractivity contribution is -0.134. The largest absolute Gasteiger partial charge is 0.491 e. The third-order valence-corrected chi connectivity index (χ3v) is 4.18. The summed E-state index contributed by atoms with van der Waals surface area (Å²) in [5.74, 6) is 1.01. The van der Waals surface area contributed by atoms with Gasteiger partial charge in [0.1, 0.15) is 5.75 Å². The Morgan fingerprint density at radius 1 is 1.21 bits per heavy atom. The minimum absolute atomic E-state index is 0.0257. The van der Waals surface area contributed by atoms with Gasteiger partial charge in [-0.15, -0.1) is 0 Å². The molecular formula is C19H28N2O3. The van der Waals surface area contributed by atoms with E-state index >= 15 is 0 Å². The predicted molar refractivity (Wildman–Crippen MR) is 95.0 cm³/mol. The van der Waals surface area contributed by atoms with Crippen LogP contribution in [0.2, 0.25) is 0 Å². The van der Waals surface area contributed by atoms with E-state index in [-0.39, 0.29) is 23.8 Å². The lowest BCUT2D eigenvalue weighted by atomic mass is 9.95. The van der Waals surface area contributed by atoms with Crippen molar-refractivity contribution in [3.05, 3.63) is 24.3 Å². The fraction of sp³-hybridized carbons (Fsp3) is 0.579. The summed E-state index contributed by atoms with van der Waals surface area (Å²) in [5.41, 5.74) is 0.778. The van der Waals surface area contributed by atoms with Crippen molar-refractivity contribution >= 4 is 17.5 Å². The molecular weight excluding hydrogens is 304 g/mol. The zero-order chi connectivity index (χ0) is 17.5. The van der Waals surface area contributed by atoms with Gasteiger partial charge in [-0.25, -0.2) is 0 Å². The van der Waals surface area contributed by atoms with Crippen LogP contribution in [0.1, 0.15) is 46.5 Å². The number of carbonyl (C=O) groups excluding carboxylic acids is 2. The second-order valence-electron chi connectivity index (χ2n) is 6.59. The zero-order valence-electron chi connectivity index (χ0n) is 14.9. The number of hydrogen-bond donors (Lipinski definition) is 1. The van der Waals surface area contributed by atoms with Crippen molar-refractivity contribution in [2.45, 2.75) is 52.6 Å². The van der Waals surface area contributed by atoms with Gasteiger partial charge in [-0.1, -0.05) is 6.92 Å². The Hall–Kier alpha value is -2.04. The molecule has 1 aliphatic heterocycles. The van der Waals surface area contributed by atoms with Crippen molar-refractivity contribution < 1.29 is 14.3 Å². The Balaban J connectivity index is 1.82. The molecule has 0 saturated carbocycles. The maximum absolute atomic E-state index is 12.4. The van der Waals surface area contributed by atoms with Crippen LogP contribution >= 0.6 is 0 Å². The first-order chi connectivity index (χ1) is 11.5. The van der Waals surface area contributed by atoms with Gasteiger partial charge in [0, 0.05) is 31.1 Å². The van der Waals surface area contributed by atoms with E-state index in [1.807, 2.05) is 49.9 Å². The molecule has 2 rings (SSSR count). The van der Waals surface area contributed by atoms with Crippen LogP contribution in [0.15, 0.2) is 24.3 Å². The van der Waals surface area contributed by atoms with Crippen molar-refractivity contribution in [2.24, 2.45) is 5.92 Å². The highest BCUT2D eigenvalue weighted by Crippen LogP contribution is 2.22. The van der Waals surface area contributed by atoms with Gasteiger partial charge in [-0.2, -0.15) is 0 Å². The van der Waals surface area contributed by atoms with Gasteiger partial charge in [-0.05, 0) is 57.4 Å². The molecule has 0 bridgehead atoms. The van der Waals surface area contributed by atoms with Crippen LogP contribution in [-0.2, 0) is 9.59 Å². The molecule has 5 heteroatoms. The number of amides is 2. The molecule has 1 heterocycles. The first-order valence-electron chi connectivity index (χ1n) is 8.85. The molecule has 0 aromatic heterocycles. The maximum atomic E-state index is 12.4. The summed E-state index contributed by atoms with van der Waals surface area (Å²) in [4.78, 5) is 26.2. The molecule has 0 aliphatic carbocycles. The maximum Gasteiger partial charge on any atom is 0.227 e. The second kappa shape index (κ2) is 8.71. The van der Waals surface area contributed by atoms with Crippen LogP contribution in [0.4, 0.5) is 5.69 Å². The van der Waals surface area contributed by atoms with E-state index in [9.17, 15) is 9.59 Å². The van der Waals surface area contributed by atoms with Crippen molar-refractivity contribution in [2.75, 3.05) is 18.4 Å². The fourth-order valence-electron chi connectivity index (χ4n) is 2.90. The first-order valence-corrected chi connectivity index (χ1v) is 8.85. The monoisotopic (exact) mass is 332 g/mol. The molecule has 1 saturated heterocycles. The van der Waals surface area contributed by atoms with Crippen LogP contribution in [0.3, 0.4) is 0 Å². The summed E-state index contributed by atoms with van der Waals surface area (Å²) in [6.45, 7) is 7.33. The molecule has 1 aromatic carbocycles. The summed E-state index contributed by atoms with van der Waals surface area (Å²) in [7, 11) is 0. The molecule has 0 atom stereocenters. The van der Waals surface area contributed by atoms with Crippen molar-refractivity contribution in [3.8, 4) is 5.75 Å². The number of piperidine rings is 1. The quantitative estimate of drug-likeness (QED) is 0.868. The van der Waals surface area contributed by atoms with E-state index < -0.39 is 0 Å². The van der Waals surface area contributed by atoms with E-state index in [0.717, 1.165) is 30.7 Å². The Labute approximate surface area is 144 Å². The molecule has 24 heavy (non-hydrogen) atoms. The van der Waals surface area contributed by atoms with Crippen LogP contribution in [0, 0.1) is 5.92 Å². The van der Waals surface area contributed by atoms with E-state index in [1.54, 1.807) is 0 Å². The Kier molecular flexibility index (Phi) is 6.64. The average molecular weight is 332 g/mol. The van der Waals surface area contributed by atoms with Crippen molar-refractivity contribution in [1.82, 2.24) is 4.90 Å². The van der Waals surface area contributed by atoms with Crippen LogP contribution in [0.25, 0.3) is 0 Å². The van der Waals surface area contributed by atoms with E-state index in [0.29, 0.717) is 19.5 Å². The first kappa shape index (κ1) is 18.3. The number of nitrogens with one attached hydrogen (secondary N) is 1. The topological polar surface area (TPSA) is 58.6 Å². The van der Waals surface area contributed by atoms with Gasteiger partial charge >= 0.3 is 0 Å². The summed E-state index contributed by atoms with van der Waals surface area (Å²) >= 11 is 0. The zero-order valence-corrected chi connectivity index (χ0v) is 14.9. The number of hydrogen-bond acceptors (Lipinski definition) is 3. The number of rotatable bonds is 6. The standard InChI is InChI=1S/C19H28N2O3/c1-4-5-18(22)21-12-10-15(11-13-21)19(23)20-16-6-8-17(9-7-16)24-14(2)3/h6-9,14-15H,4-5,10-13H2,1-3H3,(H,20,23). The SMILES string of the molecule is CCCC(=O)N1CCC(C(=O)Nc2ccc(OC(C)C)cc2)CC1. The molecule has 0 spiro atoms. The Morgan fingerprint density at radius 2 is 1.83 bits per heavy atom. The normalized spacial score (nSPS) is 15.4. The van der Waals surface area contributed by atoms with Gasteiger partial charge in [-0.3, -0.25) is 9.59 Å². The van der Waals surface area contributed by atoms with Crippen molar-refractivity contribution in [1.29, 1.82) is 0 Å². The van der Waals surface area contributed by atoms with Crippen molar-refractivity contribution in [3.63, 3.8) is 0 Å². The van der Waals surface area contributed by atoms with E-state index in [4.69, 9.17) is 4.74 Å². The van der Waals surface area contributed by atoms with Gasteiger partial charge in [0.15, 0.2) is 0 Å². The highest BCUT2D eigenvalue weighted by molar-refractivity contribution is 5.92. The Morgan fingerprint density at radius 3 is 2.38 bits per heavy atom. The minimum atomic E-state index is -0.0257. The molecule has 0 unspecified atom stereocenters. The number of likely N-dealkylation sites (tertiary alicyclic amines) is 1. The van der Waals surface area contributed by atoms with Gasteiger partial charge < -0.3 is 15.0 Å². The Bertz CT molecular complexity index is 546. The summed E-state index contributed by atoms with van der Waals surface area (Å²) in [6.07, 6.45) is 3.06. The third-order valence-electron chi connectivity index (χ3n) is 4.18. The average Bonchev–Trinajstić information content (AvgIpc) is 2.56. The van der Waals surface area contributed by atoms with Gasteiger partial charge in [0.25, 0.3) is 0 Å². The molecule has 5 nitrogen and oxygen atoms in total. The van der Waals surface area contributed by atoms with E-state index in [2.05, 4.69) is 5.32 Å². The molecule has 1 N–H and O–H groups in total. The smallest absolute Gasteiger partial charge is 0.227 e. The second-order valence-corrected chi connectivity index (χ2v) is 6.59. The molecule has 132 valence electrons. The predicted octanol–water partition coefficient (Wildman–Crippen LogP) is 3.45. The van der Waals surface area contributed by atoms with E-state index in [1.165, 1.54) is 0 Å². The highest BCUT2D eigenvalue weighted by atomic mass is 16.5. The van der Waals surface area contributed by atoms with Gasteiger partial charge in [0.05, 0.1) is 6.10 Å². The molecule has 1 aliphatic rings. The summed E-state index contributed by atoms with van der Waals surface area (Å²) < 4.78 is 5.59. The number of ether oxygens (including phenoxy) is 1. The minimum Gasteiger partial charge on any atom is -0.491 e. The number of carbonyl (C=O) groups is 2. The van der Waals surface area contributed by atoms with Crippen LogP contribution in [0.5, 0.6) is 5.75 Å². The molecule has 1 fully saturated rings. The lowest BCUT2D eigenvalue weighted by Crippen LogP contribution is -2.41. The number of anilines is 1. The fourth-order valence-corrected chi connectivity index (χ4v) is 2.90. The third kappa shape index (κ3) is 5.25.